The van der Waals surface area contributed by atoms with E-state index in [9.17, 15) is 0 Å². The molecule has 0 radical (unpaired) electrons. The number of methoxy groups -OCH3 is 2. The van der Waals surface area contributed by atoms with Crippen molar-refractivity contribution in [3.8, 4) is 0 Å². The van der Waals surface area contributed by atoms with Crippen LogP contribution in [0.25, 0.3) is 0 Å². The molecule has 2 aliphatic rings. The molecular weight excluding hydrogens is 384 g/mol. The molecule has 4 heteroatoms. The van der Waals surface area contributed by atoms with Gasteiger partial charge in [-0.1, -0.05) is 42.5 Å². The third-order valence-corrected chi connectivity index (χ3v) is 7.45. The third kappa shape index (κ3) is 4.77. The number of nitrogens with zero attached hydrogens (tertiary/aromatic N) is 2. The molecule has 0 N–H and O–H groups in total. The molecule has 4 rings (SSSR count). The minimum atomic E-state index is 0.506. The second-order valence-corrected chi connectivity index (χ2v) is 9.26. The Balaban J connectivity index is 1.64. The van der Waals surface area contributed by atoms with Crippen molar-refractivity contribution >= 4 is 5.71 Å². The van der Waals surface area contributed by atoms with Gasteiger partial charge in [-0.15, -0.1) is 0 Å². The summed E-state index contributed by atoms with van der Waals surface area (Å²) < 4.78 is 14.6. The molecule has 0 saturated carbocycles. The number of quaternary nitrogens is 1. The molecule has 0 aromatic heterocycles. The molecule has 2 aromatic rings. The van der Waals surface area contributed by atoms with Gasteiger partial charge in [-0.2, -0.15) is 0 Å². The van der Waals surface area contributed by atoms with Gasteiger partial charge in [0.25, 0.3) is 0 Å². The number of ether oxygens (including phenoxy) is 2. The van der Waals surface area contributed by atoms with Gasteiger partial charge in [0.1, 0.15) is 25.7 Å². The predicted molar refractivity (Wildman–Crippen MR) is 126 cm³/mol. The van der Waals surface area contributed by atoms with E-state index in [2.05, 4.69) is 60.2 Å². The highest BCUT2D eigenvalue weighted by atomic mass is 16.5. The topological polar surface area (TPSA) is 21.5 Å². The molecule has 4 nitrogen and oxygen atoms in total. The molecule has 2 aliphatic heterocycles. The van der Waals surface area contributed by atoms with Crippen molar-refractivity contribution in [2.75, 3.05) is 60.7 Å². The second-order valence-electron chi connectivity index (χ2n) is 9.26. The molecule has 0 saturated heterocycles. The monoisotopic (exact) mass is 422 g/mol. The largest absolute Gasteiger partial charge is 0.379 e. The maximum atomic E-state index is 5.51. The van der Waals surface area contributed by atoms with Crippen molar-refractivity contribution < 1.29 is 18.5 Å². The van der Waals surface area contributed by atoms with Gasteiger partial charge in [-0.3, -0.25) is 0 Å². The average molecular weight is 423 g/mol. The quantitative estimate of drug-likeness (QED) is 0.452. The predicted octanol–water partition coefficient (Wildman–Crippen LogP) is 3.86. The first-order chi connectivity index (χ1) is 15.2. The van der Waals surface area contributed by atoms with Crippen LogP contribution in [0.4, 0.5) is 0 Å². The summed E-state index contributed by atoms with van der Waals surface area (Å²) in [5, 5.41) is 0. The Morgan fingerprint density at radius 2 is 1.68 bits per heavy atom. The molecular formula is C27H38N2O2+2. The molecule has 2 atom stereocenters. The normalized spacial score (nSPS) is 22.9. The fraction of sp³-hybridized carbons (Fsp3) is 0.519. The average Bonchev–Trinajstić information content (AvgIpc) is 2.81. The number of likely N-dealkylation sites (N-methyl/N-ethyl adjacent to an activating group) is 1. The van der Waals surface area contributed by atoms with Crippen LogP contribution in [0, 0.1) is 0 Å². The third-order valence-electron chi connectivity index (χ3n) is 7.45. The number of hydrogen-bond acceptors (Lipinski definition) is 2. The molecule has 0 bridgehead atoms. The van der Waals surface area contributed by atoms with Crippen LogP contribution < -0.4 is 0 Å². The number of rotatable bonds is 9. The first-order valence-electron chi connectivity index (χ1n) is 11.8. The Morgan fingerprint density at radius 1 is 0.935 bits per heavy atom. The Kier molecular flexibility index (Phi) is 7.21. The van der Waals surface area contributed by atoms with E-state index in [0.29, 0.717) is 6.04 Å². The Morgan fingerprint density at radius 3 is 2.48 bits per heavy atom. The van der Waals surface area contributed by atoms with Crippen molar-refractivity contribution in [3.05, 3.63) is 70.8 Å². The van der Waals surface area contributed by atoms with Crippen LogP contribution in [0.3, 0.4) is 0 Å². The second kappa shape index (κ2) is 10.1. The first-order valence-corrected chi connectivity index (χ1v) is 11.8. The summed E-state index contributed by atoms with van der Waals surface area (Å²) in [7, 11) is 6.05. The zero-order valence-corrected chi connectivity index (χ0v) is 19.5. The van der Waals surface area contributed by atoms with E-state index in [-0.39, 0.29) is 0 Å². The summed E-state index contributed by atoms with van der Waals surface area (Å²) in [6.07, 6.45) is 4.54. The zero-order valence-electron chi connectivity index (χ0n) is 19.5. The van der Waals surface area contributed by atoms with Gasteiger partial charge in [-0.25, -0.2) is 4.58 Å². The summed E-state index contributed by atoms with van der Waals surface area (Å²) in [6, 6.07) is 18.6. The number of benzene rings is 2. The number of fused-ring (bicyclic) bond motifs is 2. The highest BCUT2D eigenvalue weighted by Crippen LogP contribution is 2.38. The fourth-order valence-electron chi connectivity index (χ4n) is 5.58. The molecule has 2 aromatic carbocycles. The van der Waals surface area contributed by atoms with Gasteiger partial charge in [0.2, 0.25) is 0 Å². The van der Waals surface area contributed by atoms with E-state index in [1.165, 1.54) is 28.9 Å². The van der Waals surface area contributed by atoms with Crippen molar-refractivity contribution in [3.63, 3.8) is 0 Å². The Labute approximate surface area is 187 Å². The molecule has 0 spiro atoms. The molecule has 2 heterocycles. The summed E-state index contributed by atoms with van der Waals surface area (Å²) in [6.45, 7) is 5.90. The minimum absolute atomic E-state index is 0.506. The lowest BCUT2D eigenvalue weighted by Gasteiger charge is -2.45. The lowest BCUT2D eigenvalue weighted by atomic mass is 9.85. The Hall–Kier alpha value is -2.01. The molecule has 2 unspecified atom stereocenters. The molecule has 0 amide bonds. The van der Waals surface area contributed by atoms with Crippen LogP contribution in [0.15, 0.2) is 48.5 Å². The van der Waals surface area contributed by atoms with E-state index in [1.807, 2.05) is 7.11 Å². The van der Waals surface area contributed by atoms with Crippen LogP contribution >= 0.6 is 0 Å². The van der Waals surface area contributed by atoms with Crippen LogP contribution in [0.1, 0.15) is 41.1 Å². The van der Waals surface area contributed by atoms with Crippen molar-refractivity contribution in [1.29, 1.82) is 0 Å². The summed E-state index contributed by atoms with van der Waals surface area (Å²) in [5.74, 6) is 0. The highest BCUT2D eigenvalue weighted by molar-refractivity contribution is 5.98. The first kappa shape index (κ1) is 22.2. The van der Waals surface area contributed by atoms with E-state index < -0.39 is 0 Å². The van der Waals surface area contributed by atoms with Crippen molar-refractivity contribution in [1.82, 2.24) is 0 Å². The number of hydrogen-bond donors (Lipinski definition) is 0. The summed E-state index contributed by atoms with van der Waals surface area (Å²) in [4.78, 5) is 0. The summed E-state index contributed by atoms with van der Waals surface area (Å²) in [5.41, 5.74) is 7.51. The van der Waals surface area contributed by atoms with Gasteiger partial charge in [0, 0.05) is 51.0 Å². The highest BCUT2D eigenvalue weighted by Gasteiger charge is 2.39. The molecule has 166 valence electrons. The van der Waals surface area contributed by atoms with Crippen LogP contribution in [0.2, 0.25) is 0 Å². The van der Waals surface area contributed by atoms with Gasteiger partial charge in [-0.05, 0) is 17.2 Å². The standard InChI is InChI=1S/C27H38N2O2/c1-29(19-21-31-3)18-15-23-9-5-7-11-25(23)27(29)13-12-26-24-10-6-4-8-22(24)14-16-28(26)17-20-30-2/h4-11,27H,12-21H2,1-3H3/q+2. The van der Waals surface area contributed by atoms with Gasteiger partial charge in [0.15, 0.2) is 12.3 Å². The smallest absolute Gasteiger partial charge is 0.183 e. The molecule has 31 heavy (non-hydrogen) atoms. The Bertz CT molecular complexity index is 923. The van der Waals surface area contributed by atoms with Crippen LogP contribution in [-0.4, -0.2) is 75.4 Å². The molecule has 0 aliphatic carbocycles. The van der Waals surface area contributed by atoms with E-state index >= 15 is 0 Å². The fourth-order valence-corrected chi connectivity index (χ4v) is 5.58. The van der Waals surface area contributed by atoms with Gasteiger partial charge >= 0.3 is 0 Å². The van der Waals surface area contributed by atoms with Crippen molar-refractivity contribution in [2.24, 2.45) is 0 Å². The maximum absolute atomic E-state index is 5.51. The lowest BCUT2D eigenvalue weighted by molar-refractivity contribution is -0.942. The SMILES string of the molecule is COCC[N+]1=C(CCC2c3ccccc3CC[N+]2(C)CCOC)c2ccccc2CC1. The molecule has 0 fully saturated rings. The zero-order chi connectivity index (χ0) is 21.7. The van der Waals surface area contributed by atoms with E-state index in [0.717, 1.165) is 63.0 Å². The van der Waals surface area contributed by atoms with Crippen LogP contribution in [-0.2, 0) is 22.3 Å². The van der Waals surface area contributed by atoms with E-state index in [1.54, 1.807) is 12.7 Å². The van der Waals surface area contributed by atoms with Gasteiger partial charge < -0.3 is 14.0 Å². The lowest BCUT2D eigenvalue weighted by Crippen LogP contribution is -2.53. The minimum Gasteiger partial charge on any atom is -0.379 e. The van der Waals surface area contributed by atoms with Crippen molar-refractivity contribution in [2.45, 2.75) is 31.7 Å². The van der Waals surface area contributed by atoms with Gasteiger partial charge in [0.05, 0.1) is 20.2 Å². The van der Waals surface area contributed by atoms with E-state index in [4.69, 9.17) is 9.47 Å². The maximum Gasteiger partial charge on any atom is 0.183 e. The van der Waals surface area contributed by atoms with Crippen LogP contribution in [0.5, 0.6) is 0 Å². The summed E-state index contributed by atoms with van der Waals surface area (Å²) >= 11 is 0.